The topological polar surface area (TPSA) is 29.3 Å². The van der Waals surface area contributed by atoms with Crippen LogP contribution in [0.15, 0.2) is 18.2 Å². The third-order valence-corrected chi connectivity index (χ3v) is 3.64. The van der Waals surface area contributed by atoms with E-state index < -0.39 is 0 Å². The van der Waals surface area contributed by atoms with E-state index in [0.29, 0.717) is 5.69 Å². The van der Waals surface area contributed by atoms with Crippen molar-refractivity contribution in [3.05, 3.63) is 24.0 Å². The van der Waals surface area contributed by atoms with Crippen LogP contribution in [0.3, 0.4) is 0 Å². The number of nitrogens with zero attached hydrogens (tertiary/aromatic N) is 1. The Morgan fingerprint density at radius 3 is 2.71 bits per heavy atom. The average Bonchev–Trinajstić information content (AvgIpc) is 2.34. The molecule has 0 bridgehead atoms. The third kappa shape index (κ3) is 2.90. The zero-order valence-electron chi connectivity index (χ0n) is 10.5. The molecular formula is C14H21FN2. The third-order valence-electron chi connectivity index (χ3n) is 3.64. The fourth-order valence-corrected chi connectivity index (χ4v) is 2.66. The maximum Gasteiger partial charge on any atom is 0.125 e. The highest BCUT2D eigenvalue weighted by atomic mass is 19.1. The van der Waals surface area contributed by atoms with Gasteiger partial charge in [0.2, 0.25) is 0 Å². The van der Waals surface area contributed by atoms with Gasteiger partial charge in [-0.25, -0.2) is 4.39 Å². The van der Waals surface area contributed by atoms with Gasteiger partial charge >= 0.3 is 0 Å². The second-order valence-corrected chi connectivity index (χ2v) is 4.92. The lowest BCUT2D eigenvalue weighted by Gasteiger charge is -2.34. The summed E-state index contributed by atoms with van der Waals surface area (Å²) in [4.78, 5) is 2.21. The summed E-state index contributed by atoms with van der Waals surface area (Å²) in [5, 5.41) is 0. The van der Waals surface area contributed by atoms with Gasteiger partial charge in [-0.05, 0) is 37.0 Å². The Labute approximate surface area is 103 Å². The monoisotopic (exact) mass is 236 g/mol. The van der Waals surface area contributed by atoms with Crippen LogP contribution in [-0.2, 0) is 0 Å². The number of hydrogen-bond acceptors (Lipinski definition) is 2. The van der Waals surface area contributed by atoms with E-state index in [1.54, 1.807) is 12.1 Å². The van der Waals surface area contributed by atoms with Crippen LogP contribution in [0.4, 0.5) is 15.8 Å². The number of nitrogen functional groups attached to an aromatic ring is 1. The van der Waals surface area contributed by atoms with Gasteiger partial charge in [-0.2, -0.15) is 0 Å². The van der Waals surface area contributed by atoms with Gasteiger partial charge in [-0.15, -0.1) is 0 Å². The number of halogens is 1. The van der Waals surface area contributed by atoms with E-state index in [-0.39, 0.29) is 5.82 Å². The van der Waals surface area contributed by atoms with Gasteiger partial charge in [0, 0.05) is 13.1 Å². The maximum absolute atomic E-state index is 13.2. The highest BCUT2D eigenvalue weighted by Gasteiger charge is 2.20. The first-order valence-corrected chi connectivity index (χ1v) is 6.50. The van der Waals surface area contributed by atoms with Crippen LogP contribution in [0.25, 0.3) is 0 Å². The summed E-state index contributed by atoms with van der Waals surface area (Å²) < 4.78 is 13.2. The summed E-state index contributed by atoms with van der Waals surface area (Å²) in [5.41, 5.74) is 7.45. The van der Waals surface area contributed by atoms with Gasteiger partial charge < -0.3 is 10.6 Å². The lowest BCUT2D eigenvalue weighted by atomic mass is 9.92. The van der Waals surface area contributed by atoms with E-state index in [4.69, 9.17) is 5.73 Å². The molecule has 1 saturated heterocycles. The van der Waals surface area contributed by atoms with E-state index in [2.05, 4.69) is 11.8 Å². The molecule has 0 atom stereocenters. The van der Waals surface area contributed by atoms with Crippen LogP contribution < -0.4 is 10.6 Å². The maximum atomic E-state index is 13.2. The first-order valence-electron chi connectivity index (χ1n) is 6.50. The largest absolute Gasteiger partial charge is 0.397 e. The Kier molecular flexibility index (Phi) is 3.87. The number of rotatable bonds is 3. The molecule has 1 aliphatic heterocycles. The minimum absolute atomic E-state index is 0.204. The van der Waals surface area contributed by atoms with Crippen LogP contribution in [0.2, 0.25) is 0 Å². The standard InChI is InChI=1S/C14H21FN2/c1-2-3-11-6-8-17(9-7-11)14-10-12(15)4-5-13(14)16/h4-5,10-11H,2-3,6-9,16H2,1H3. The molecule has 1 aromatic rings. The number of nitrogens with two attached hydrogens (primary N) is 1. The molecule has 0 spiro atoms. The van der Waals surface area contributed by atoms with Crippen molar-refractivity contribution >= 4 is 11.4 Å². The molecule has 1 heterocycles. The molecule has 2 N–H and O–H groups in total. The van der Waals surface area contributed by atoms with Gasteiger partial charge in [-0.1, -0.05) is 19.8 Å². The van der Waals surface area contributed by atoms with E-state index >= 15 is 0 Å². The van der Waals surface area contributed by atoms with Crippen molar-refractivity contribution in [2.45, 2.75) is 32.6 Å². The zero-order valence-corrected chi connectivity index (χ0v) is 10.5. The first-order chi connectivity index (χ1) is 8.20. The fourth-order valence-electron chi connectivity index (χ4n) is 2.66. The molecule has 0 radical (unpaired) electrons. The molecular weight excluding hydrogens is 215 g/mol. The fraction of sp³-hybridized carbons (Fsp3) is 0.571. The van der Waals surface area contributed by atoms with E-state index in [0.717, 1.165) is 24.7 Å². The molecule has 0 aliphatic carbocycles. The van der Waals surface area contributed by atoms with Gasteiger partial charge in [0.05, 0.1) is 11.4 Å². The van der Waals surface area contributed by atoms with Crippen LogP contribution in [-0.4, -0.2) is 13.1 Å². The molecule has 3 heteroatoms. The van der Waals surface area contributed by atoms with E-state index in [1.165, 1.54) is 31.7 Å². The van der Waals surface area contributed by atoms with Gasteiger partial charge in [0.1, 0.15) is 5.82 Å². The number of anilines is 2. The summed E-state index contributed by atoms with van der Waals surface area (Å²) in [6, 6.07) is 4.63. The number of hydrogen-bond donors (Lipinski definition) is 1. The van der Waals surface area contributed by atoms with Crippen molar-refractivity contribution in [1.82, 2.24) is 0 Å². The molecule has 2 rings (SSSR count). The SMILES string of the molecule is CCCC1CCN(c2cc(F)ccc2N)CC1. The van der Waals surface area contributed by atoms with Crippen molar-refractivity contribution in [2.75, 3.05) is 23.7 Å². The Bertz CT molecular complexity index is 370. The second-order valence-electron chi connectivity index (χ2n) is 4.92. The van der Waals surface area contributed by atoms with Crippen molar-refractivity contribution in [1.29, 1.82) is 0 Å². The van der Waals surface area contributed by atoms with Crippen LogP contribution in [0, 0.1) is 11.7 Å². The van der Waals surface area contributed by atoms with Crippen molar-refractivity contribution in [3.8, 4) is 0 Å². The van der Waals surface area contributed by atoms with Gasteiger partial charge in [0.15, 0.2) is 0 Å². The lowest BCUT2D eigenvalue weighted by Crippen LogP contribution is -2.34. The zero-order chi connectivity index (χ0) is 12.3. The minimum atomic E-state index is -0.204. The lowest BCUT2D eigenvalue weighted by molar-refractivity contribution is 0.378. The summed E-state index contributed by atoms with van der Waals surface area (Å²) in [5.74, 6) is 0.635. The van der Waals surface area contributed by atoms with Gasteiger partial charge in [0.25, 0.3) is 0 Å². The molecule has 0 aromatic heterocycles. The van der Waals surface area contributed by atoms with Crippen LogP contribution >= 0.6 is 0 Å². The molecule has 94 valence electrons. The van der Waals surface area contributed by atoms with Crippen LogP contribution in [0.5, 0.6) is 0 Å². The van der Waals surface area contributed by atoms with E-state index in [1.807, 2.05) is 0 Å². The predicted molar refractivity (Wildman–Crippen MR) is 70.7 cm³/mol. The molecule has 0 saturated carbocycles. The quantitative estimate of drug-likeness (QED) is 0.815. The molecule has 0 amide bonds. The second kappa shape index (κ2) is 5.39. The van der Waals surface area contributed by atoms with Crippen molar-refractivity contribution in [3.63, 3.8) is 0 Å². The highest BCUT2D eigenvalue weighted by molar-refractivity contribution is 5.67. The molecule has 17 heavy (non-hydrogen) atoms. The summed E-state index contributed by atoms with van der Waals surface area (Å²) in [7, 11) is 0. The summed E-state index contributed by atoms with van der Waals surface area (Å²) >= 11 is 0. The van der Waals surface area contributed by atoms with Gasteiger partial charge in [-0.3, -0.25) is 0 Å². The summed E-state index contributed by atoms with van der Waals surface area (Å²) in [6.07, 6.45) is 4.97. The predicted octanol–water partition coefficient (Wildman–Crippen LogP) is 3.42. The van der Waals surface area contributed by atoms with E-state index in [9.17, 15) is 4.39 Å². The summed E-state index contributed by atoms with van der Waals surface area (Å²) in [6.45, 7) is 4.23. The molecule has 0 unspecified atom stereocenters. The van der Waals surface area contributed by atoms with Crippen LogP contribution in [0.1, 0.15) is 32.6 Å². The number of benzene rings is 1. The Hall–Kier alpha value is -1.25. The first kappa shape index (κ1) is 12.2. The Morgan fingerprint density at radius 2 is 2.06 bits per heavy atom. The average molecular weight is 236 g/mol. The smallest absolute Gasteiger partial charge is 0.125 e. The van der Waals surface area contributed by atoms with Crippen molar-refractivity contribution < 1.29 is 4.39 Å². The molecule has 1 aromatic carbocycles. The Balaban J connectivity index is 2.02. The highest BCUT2D eigenvalue weighted by Crippen LogP contribution is 2.30. The normalized spacial score (nSPS) is 17.4. The van der Waals surface area contributed by atoms with Crippen molar-refractivity contribution in [2.24, 2.45) is 5.92 Å². The Morgan fingerprint density at radius 1 is 1.35 bits per heavy atom. The molecule has 1 fully saturated rings. The number of piperidine rings is 1. The molecule has 2 nitrogen and oxygen atoms in total. The minimum Gasteiger partial charge on any atom is -0.397 e. The molecule has 1 aliphatic rings.